The number of aliphatic hydroxyl groups excluding tert-OH is 1. The molecular weight excluding hydrogens is 266 g/mol. The second-order valence-corrected chi connectivity index (χ2v) is 5.12. The SMILES string of the molecule is Cc1ccccc1CC(=O)N(CCO)Cc1nc[nH]c1C. The molecule has 0 radical (unpaired) electrons. The average molecular weight is 287 g/mol. The fourth-order valence-electron chi connectivity index (χ4n) is 2.22. The molecule has 2 N–H and O–H groups in total. The molecule has 0 unspecified atom stereocenters. The van der Waals surface area contributed by atoms with Crippen molar-refractivity contribution >= 4 is 5.91 Å². The first-order chi connectivity index (χ1) is 10.1. The maximum atomic E-state index is 12.5. The van der Waals surface area contributed by atoms with Crippen molar-refractivity contribution in [2.45, 2.75) is 26.8 Å². The number of rotatable bonds is 6. The van der Waals surface area contributed by atoms with Gasteiger partial charge in [0.15, 0.2) is 0 Å². The molecule has 1 heterocycles. The van der Waals surface area contributed by atoms with Crippen LogP contribution < -0.4 is 0 Å². The maximum absolute atomic E-state index is 12.5. The molecule has 21 heavy (non-hydrogen) atoms. The highest BCUT2D eigenvalue weighted by Crippen LogP contribution is 2.12. The summed E-state index contributed by atoms with van der Waals surface area (Å²) in [6.45, 7) is 4.60. The molecular formula is C16H21N3O2. The van der Waals surface area contributed by atoms with Crippen molar-refractivity contribution in [1.82, 2.24) is 14.9 Å². The van der Waals surface area contributed by atoms with E-state index in [-0.39, 0.29) is 12.5 Å². The molecule has 0 aliphatic carbocycles. The summed E-state index contributed by atoms with van der Waals surface area (Å²) in [5.41, 5.74) is 3.90. The molecule has 0 spiro atoms. The van der Waals surface area contributed by atoms with Crippen LogP contribution in [0.5, 0.6) is 0 Å². The first-order valence-corrected chi connectivity index (χ1v) is 7.03. The third kappa shape index (κ3) is 3.92. The summed E-state index contributed by atoms with van der Waals surface area (Å²) < 4.78 is 0. The zero-order chi connectivity index (χ0) is 15.2. The Morgan fingerprint density at radius 2 is 2.10 bits per heavy atom. The van der Waals surface area contributed by atoms with Crippen LogP contribution in [0.4, 0.5) is 0 Å². The number of carbonyl (C=O) groups excluding carboxylic acids is 1. The summed E-state index contributed by atoms with van der Waals surface area (Å²) >= 11 is 0. The first kappa shape index (κ1) is 15.3. The van der Waals surface area contributed by atoms with Crippen LogP contribution in [-0.2, 0) is 17.8 Å². The summed E-state index contributed by atoms with van der Waals surface area (Å²) in [6, 6.07) is 7.85. The third-order valence-corrected chi connectivity index (χ3v) is 3.60. The Morgan fingerprint density at radius 1 is 1.33 bits per heavy atom. The van der Waals surface area contributed by atoms with E-state index in [4.69, 9.17) is 0 Å². The fourth-order valence-corrected chi connectivity index (χ4v) is 2.22. The average Bonchev–Trinajstić information content (AvgIpc) is 2.86. The van der Waals surface area contributed by atoms with E-state index in [1.807, 2.05) is 38.1 Å². The van der Waals surface area contributed by atoms with E-state index in [1.165, 1.54) is 0 Å². The third-order valence-electron chi connectivity index (χ3n) is 3.60. The van der Waals surface area contributed by atoms with E-state index in [1.54, 1.807) is 11.2 Å². The van der Waals surface area contributed by atoms with Crippen LogP contribution in [0, 0.1) is 13.8 Å². The number of carbonyl (C=O) groups is 1. The Kier molecular flexibility index (Phi) is 5.11. The molecule has 112 valence electrons. The number of aryl methyl sites for hydroxylation is 2. The second kappa shape index (κ2) is 7.04. The zero-order valence-corrected chi connectivity index (χ0v) is 12.5. The summed E-state index contributed by atoms with van der Waals surface area (Å²) in [5.74, 6) is 0.000694. The van der Waals surface area contributed by atoms with E-state index in [2.05, 4.69) is 9.97 Å². The Bertz CT molecular complexity index is 607. The van der Waals surface area contributed by atoms with E-state index < -0.39 is 0 Å². The van der Waals surface area contributed by atoms with Crippen LogP contribution in [-0.4, -0.2) is 39.0 Å². The minimum absolute atomic E-state index is 0.000694. The predicted octanol–water partition coefficient (Wildman–Crippen LogP) is 1.59. The molecule has 0 fully saturated rings. The minimum atomic E-state index is -0.0526. The van der Waals surface area contributed by atoms with Gasteiger partial charge in [-0.05, 0) is 25.0 Å². The standard InChI is InChI=1S/C16H21N3O2/c1-12-5-3-4-6-14(12)9-16(21)19(7-8-20)10-15-13(2)17-11-18-15/h3-6,11,20H,7-10H2,1-2H3,(H,17,18). The molecule has 0 saturated carbocycles. The smallest absolute Gasteiger partial charge is 0.227 e. The quantitative estimate of drug-likeness (QED) is 0.847. The number of aromatic nitrogens is 2. The highest BCUT2D eigenvalue weighted by molar-refractivity contribution is 5.79. The van der Waals surface area contributed by atoms with E-state index >= 15 is 0 Å². The lowest BCUT2D eigenvalue weighted by Gasteiger charge is -2.21. The lowest BCUT2D eigenvalue weighted by molar-refractivity contribution is -0.131. The van der Waals surface area contributed by atoms with E-state index in [0.29, 0.717) is 19.5 Å². The molecule has 0 bridgehead atoms. The van der Waals surface area contributed by atoms with Crippen LogP contribution in [0.1, 0.15) is 22.5 Å². The molecule has 0 saturated heterocycles. The van der Waals surface area contributed by atoms with Crippen LogP contribution in [0.2, 0.25) is 0 Å². The highest BCUT2D eigenvalue weighted by Gasteiger charge is 2.16. The molecule has 0 aliphatic heterocycles. The number of aromatic amines is 1. The van der Waals surface area contributed by atoms with Crippen molar-refractivity contribution in [3.05, 3.63) is 53.1 Å². The molecule has 1 aromatic carbocycles. The number of imidazole rings is 1. The van der Waals surface area contributed by atoms with Crippen molar-refractivity contribution in [3.63, 3.8) is 0 Å². The molecule has 0 aliphatic rings. The largest absolute Gasteiger partial charge is 0.395 e. The van der Waals surface area contributed by atoms with Crippen molar-refractivity contribution in [2.24, 2.45) is 0 Å². The summed E-state index contributed by atoms with van der Waals surface area (Å²) in [4.78, 5) is 21.3. The van der Waals surface area contributed by atoms with Gasteiger partial charge in [-0.3, -0.25) is 4.79 Å². The number of benzene rings is 1. The molecule has 1 aromatic heterocycles. The molecule has 2 rings (SSSR count). The zero-order valence-electron chi connectivity index (χ0n) is 12.5. The van der Waals surface area contributed by atoms with Gasteiger partial charge in [-0.25, -0.2) is 4.98 Å². The fraction of sp³-hybridized carbons (Fsp3) is 0.375. The van der Waals surface area contributed by atoms with Crippen molar-refractivity contribution in [2.75, 3.05) is 13.2 Å². The van der Waals surface area contributed by atoms with Gasteiger partial charge in [0.25, 0.3) is 0 Å². The van der Waals surface area contributed by atoms with Crippen LogP contribution in [0.3, 0.4) is 0 Å². The number of hydrogen-bond acceptors (Lipinski definition) is 3. The van der Waals surface area contributed by atoms with Crippen molar-refractivity contribution in [1.29, 1.82) is 0 Å². The van der Waals surface area contributed by atoms with Gasteiger partial charge in [-0.2, -0.15) is 0 Å². The van der Waals surface area contributed by atoms with Gasteiger partial charge in [0.1, 0.15) is 0 Å². The number of amides is 1. The van der Waals surface area contributed by atoms with Gasteiger partial charge in [0, 0.05) is 12.2 Å². The van der Waals surface area contributed by atoms with Crippen LogP contribution in [0.25, 0.3) is 0 Å². The van der Waals surface area contributed by atoms with Crippen molar-refractivity contribution < 1.29 is 9.90 Å². The van der Waals surface area contributed by atoms with Crippen LogP contribution in [0.15, 0.2) is 30.6 Å². The number of H-pyrrole nitrogens is 1. The molecule has 1 amide bonds. The Balaban J connectivity index is 2.09. The second-order valence-electron chi connectivity index (χ2n) is 5.12. The topological polar surface area (TPSA) is 69.2 Å². The highest BCUT2D eigenvalue weighted by atomic mass is 16.3. The summed E-state index contributed by atoms with van der Waals surface area (Å²) in [6.07, 6.45) is 1.96. The monoisotopic (exact) mass is 287 g/mol. The van der Waals surface area contributed by atoms with Gasteiger partial charge in [0.2, 0.25) is 5.91 Å². The molecule has 5 heteroatoms. The molecule has 5 nitrogen and oxygen atoms in total. The van der Waals surface area contributed by atoms with Gasteiger partial charge in [-0.1, -0.05) is 24.3 Å². The minimum Gasteiger partial charge on any atom is -0.395 e. The number of nitrogens with zero attached hydrogens (tertiary/aromatic N) is 2. The van der Waals surface area contributed by atoms with Gasteiger partial charge < -0.3 is 15.0 Å². The molecule has 2 aromatic rings. The van der Waals surface area contributed by atoms with Gasteiger partial charge >= 0.3 is 0 Å². The number of nitrogens with one attached hydrogen (secondary N) is 1. The van der Waals surface area contributed by atoms with Gasteiger partial charge in [0.05, 0.1) is 31.6 Å². The molecule has 0 atom stereocenters. The lowest BCUT2D eigenvalue weighted by atomic mass is 10.1. The van der Waals surface area contributed by atoms with E-state index in [9.17, 15) is 9.90 Å². The normalized spacial score (nSPS) is 10.6. The maximum Gasteiger partial charge on any atom is 0.227 e. The number of hydrogen-bond donors (Lipinski definition) is 2. The Hall–Kier alpha value is -2.14. The summed E-state index contributed by atoms with van der Waals surface area (Å²) in [5, 5.41) is 9.18. The van der Waals surface area contributed by atoms with E-state index in [0.717, 1.165) is 22.5 Å². The number of aliphatic hydroxyl groups is 1. The van der Waals surface area contributed by atoms with Crippen LogP contribution >= 0.6 is 0 Å². The Morgan fingerprint density at radius 3 is 2.71 bits per heavy atom. The lowest BCUT2D eigenvalue weighted by Crippen LogP contribution is -2.34. The predicted molar refractivity (Wildman–Crippen MR) is 80.7 cm³/mol. The summed E-state index contributed by atoms with van der Waals surface area (Å²) in [7, 11) is 0. The van der Waals surface area contributed by atoms with Gasteiger partial charge in [-0.15, -0.1) is 0 Å². The van der Waals surface area contributed by atoms with Crippen molar-refractivity contribution in [3.8, 4) is 0 Å². The Labute approximate surface area is 124 Å². The first-order valence-electron chi connectivity index (χ1n) is 7.03.